The van der Waals surface area contributed by atoms with Crippen molar-refractivity contribution in [3.05, 3.63) is 41.0 Å². The number of nitrogens with zero attached hydrogens (tertiary/aromatic N) is 1. The molecule has 1 atom stereocenters. The second-order valence-electron chi connectivity index (χ2n) is 6.46. The van der Waals surface area contributed by atoms with Gasteiger partial charge in [0.2, 0.25) is 5.75 Å². The molecular formula is C21H27NO5. The molecule has 0 amide bonds. The topological polar surface area (TPSA) is 49.4 Å². The van der Waals surface area contributed by atoms with E-state index in [1.54, 1.807) is 35.5 Å². The Bertz CT molecular complexity index is 821. The molecule has 6 heteroatoms. The minimum atomic E-state index is 0.00307. The average molecular weight is 373 g/mol. The third kappa shape index (κ3) is 3.25. The zero-order valence-corrected chi connectivity index (χ0v) is 16.8. The van der Waals surface area contributed by atoms with Crippen LogP contribution in [0, 0.1) is 0 Å². The molecular weight excluding hydrogens is 346 g/mol. The number of fused-ring (bicyclic) bond motifs is 1. The molecule has 0 unspecified atom stereocenters. The van der Waals surface area contributed by atoms with E-state index in [0.717, 1.165) is 30.0 Å². The normalized spacial score (nSPS) is 16.4. The van der Waals surface area contributed by atoms with Gasteiger partial charge in [-0.15, -0.1) is 0 Å². The van der Waals surface area contributed by atoms with E-state index in [-0.39, 0.29) is 6.04 Å². The maximum Gasteiger partial charge on any atom is 0.203 e. The molecule has 1 heterocycles. The highest BCUT2D eigenvalue weighted by molar-refractivity contribution is 5.60. The first kappa shape index (κ1) is 19.2. The first-order chi connectivity index (χ1) is 13.1. The van der Waals surface area contributed by atoms with Gasteiger partial charge in [-0.25, -0.2) is 0 Å². The molecule has 1 aliphatic rings. The Hall–Kier alpha value is -2.60. The Morgan fingerprint density at radius 3 is 1.96 bits per heavy atom. The third-order valence-electron chi connectivity index (χ3n) is 5.14. The predicted molar refractivity (Wildman–Crippen MR) is 104 cm³/mol. The number of hydrogen-bond donors (Lipinski definition) is 0. The van der Waals surface area contributed by atoms with Crippen LogP contribution in [0.2, 0.25) is 0 Å². The summed E-state index contributed by atoms with van der Waals surface area (Å²) < 4.78 is 27.8. The smallest absolute Gasteiger partial charge is 0.203 e. The van der Waals surface area contributed by atoms with Gasteiger partial charge < -0.3 is 23.7 Å². The first-order valence-electron chi connectivity index (χ1n) is 8.83. The molecule has 6 nitrogen and oxygen atoms in total. The summed E-state index contributed by atoms with van der Waals surface area (Å²) in [5.41, 5.74) is 3.44. The molecule has 0 aromatic heterocycles. The van der Waals surface area contributed by atoms with Gasteiger partial charge in [-0.2, -0.15) is 0 Å². The van der Waals surface area contributed by atoms with Crippen molar-refractivity contribution in [2.24, 2.45) is 0 Å². The molecule has 1 aliphatic heterocycles. The van der Waals surface area contributed by atoms with Gasteiger partial charge in [0.15, 0.2) is 23.0 Å². The van der Waals surface area contributed by atoms with Gasteiger partial charge in [-0.1, -0.05) is 0 Å². The zero-order chi connectivity index (χ0) is 19.6. The van der Waals surface area contributed by atoms with Crippen molar-refractivity contribution in [1.29, 1.82) is 0 Å². The monoisotopic (exact) mass is 373 g/mol. The van der Waals surface area contributed by atoms with E-state index < -0.39 is 0 Å². The summed E-state index contributed by atoms with van der Waals surface area (Å²) in [4.78, 5) is 2.30. The molecule has 2 aromatic rings. The van der Waals surface area contributed by atoms with Crippen molar-refractivity contribution >= 4 is 0 Å². The van der Waals surface area contributed by atoms with Gasteiger partial charge in [-0.3, -0.25) is 4.90 Å². The van der Waals surface area contributed by atoms with Crippen LogP contribution < -0.4 is 23.7 Å². The Morgan fingerprint density at radius 2 is 1.37 bits per heavy atom. The van der Waals surface area contributed by atoms with Crippen LogP contribution in [0.1, 0.15) is 22.7 Å². The van der Waals surface area contributed by atoms with E-state index in [9.17, 15) is 0 Å². The summed E-state index contributed by atoms with van der Waals surface area (Å²) in [5, 5.41) is 0. The van der Waals surface area contributed by atoms with Gasteiger partial charge in [0.25, 0.3) is 0 Å². The minimum absolute atomic E-state index is 0.00307. The van der Waals surface area contributed by atoms with E-state index in [1.807, 2.05) is 12.1 Å². The van der Waals surface area contributed by atoms with E-state index >= 15 is 0 Å². The van der Waals surface area contributed by atoms with Gasteiger partial charge in [0.05, 0.1) is 41.6 Å². The van der Waals surface area contributed by atoms with E-state index in [2.05, 4.69) is 24.1 Å². The van der Waals surface area contributed by atoms with Crippen LogP contribution >= 0.6 is 0 Å². The van der Waals surface area contributed by atoms with Gasteiger partial charge >= 0.3 is 0 Å². The molecule has 3 rings (SSSR count). The van der Waals surface area contributed by atoms with E-state index in [1.165, 1.54) is 11.1 Å². The highest BCUT2D eigenvalue weighted by Crippen LogP contribution is 2.47. The Morgan fingerprint density at radius 1 is 0.741 bits per heavy atom. The fourth-order valence-electron chi connectivity index (χ4n) is 3.82. The van der Waals surface area contributed by atoms with Crippen molar-refractivity contribution < 1.29 is 23.7 Å². The number of rotatable bonds is 6. The molecule has 0 saturated carbocycles. The molecule has 0 bridgehead atoms. The maximum absolute atomic E-state index is 5.74. The highest BCUT2D eigenvalue weighted by atomic mass is 16.5. The number of hydrogen-bond acceptors (Lipinski definition) is 6. The summed E-state index contributed by atoms with van der Waals surface area (Å²) in [6, 6.07) is 8.09. The Balaban J connectivity index is 2.21. The summed E-state index contributed by atoms with van der Waals surface area (Å²) in [6.45, 7) is 0.921. The molecule has 0 spiro atoms. The van der Waals surface area contributed by atoms with Crippen LogP contribution in [-0.4, -0.2) is 54.0 Å². The van der Waals surface area contributed by atoms with Crippen molar-refractivity contribution in [1.82, 2.24) is 4.90 Å². The number of ether oxygens (including phenoxy) is 5. The van der Waals surface area contributed by atoms with Crippen LogP contribution in [-0.2, 0) is 6.42 Å². The lowest BCUT2D eigenvalue weighted by Gasteiger charge is -2.36. The van der Waals surface area contributed by atoms with Gasteiger partial charge in [0.1, 0.15) is 0 Å². The van der Waals surface area contributed by atoms with Crippen molar-refractivity contribution in [3.63, 3.8) is 0 Å². The van der Waals surface area contributed by atoms with Gasteiger partial charge in [-0.05, 0) is 48.9 Å². The fourth-order valence-corrected chi connectivity index (χ4v) is 3.82. The molecule has 0 radical (unpaired) electrons. The third-order valence-corrected chi connectivity index (χ3v) is 5.14. The molecule has 2 aromatic carbocycles. The SMILES string of the molecule is COc1cc2c(cc1OC)[C@@H](c1ccc(OC)c(OC)c1OC)N(C)CC2. The first-order valence-corrected chi connectivity index (χ1v) is 8.83. The highest BCUT2D eigenvalue weighted by Gasteiger charge is 2.32. The second-order valence-corrected chi connectivity index (χ2v) is 6.46. The van der Waals surface area contributed by atoms with Crippen LogP contribution in [0.5, 0.6) is 28.7 Å². The fraction of sp³-hybridized carbons (Fsp3) is 0.429. The molecule has 0 aliphatic carbocycles. The summed E-state index contributed by atoms with van der Waals surface area (Å²) in [7, 11) is 10.3. The molecule has 0 N–H and O–H groups in total. The lowest BCUT2D eigenvalue weighted by atomic mass is 9.87. The summed E-state index contributed by atoms with van der Waals surface area (Å²) in [6.07, 6.45) is 0.943. The maximum atomic E-state index is 5.74. The molecule has 0 fully saturated rings. The number of likely N-dealkylation sites (N-methyl/N-ethyl adjacent to an activating group) is 1. The number of methoxy groups -OCH3 is 5. The van der Waals surface area contributed by atoms with Crippen LogP contribution in [0.25, 0.3) is 0 Å². The summed E-state index contributed by atoms with van der Waals surface area (Å²) in [5.74, 6) is 3.38. The molecule has 0 saturated heterocycles. The zero-order valence-electron chi connectivity index (χ0n) is 16.8. The molecule has 27 heavy (non-hydrogen) atoms. The summed E-state index contributed by atoms with van der Waals surface area (Å²) >= 11 is 0. The Kier molecular flexibility index (Phi) is 5.65. The van der Waals surface area contributed by atoms with Crippen molar-refractivity contribution in [3.8, 4) is 28.7 Å². The van der Waals surface area contributed by atoms with E-state index in [4.69, 9.17) is 23.7 Å². The lowest BCUT2D eigenvalue weighted by Crippen LogP contribution is -2.33. The molecule has 146 valence electrons. The predicted octanol–water partition coefficient (Wildman–Crippen LogP) is 3.31. The number of benzene rings is 2. The van der Waals surface area contributed by atoms with E-state index in [0.29, 0.717) is 17.2 Å². The standard InChI is InChI=1S/C21H27NO5/c1-22-10-9-13-11-17(24-3)18(25-4)12-15(13)19(22)14-7-8-16(23-2)21(27-6)20(14)26-5/h7-8,11-12,19H,9-10H2,1-6H3/t19-/m1/s1. The largest absolute Gasteiger partial charge is 0.493 e. The van der Waals surface area contributed by atoms with Crippen LogP contribution in [0.3, 0.4) is 0 Å². The van der Waals surface area contributed by atoms with Crippen molar-refractivity contribution in [2.75, 3.05) is 49.1 Å². The quantitative estimate of drug-likeness (QED) is 0.774. The average Bonchev–Trinajstić information content (AvgIpc) is 2.71. The van der Waals surface area contributed by atoms with Crippen LogP contribution in [0.4, 0.5) is 0 Å². The Labute approximate surface area is 160 Å². The van der Waals surface area contributed by atoms with Crippen molar-refractivity contribution in [2.45, 2.75) is 12.5 Å². The second kappa shape index (κ2) is 7.96. The lowest BCUT2D eigenvalue weighted by molar-refractivity contribution is 0.252. The van der Waals surface area contributed by atoms with Crippen LogP contribution in [0.15, 0.2) is 24.3 Å². The van der Waals surface area contributed by atoms with Gasteiger partial charge in [0, 0.05) is 12.1 Å². The minimum Gasteiger partial charge on any atom is -0.493 e.